The number of carbonyl (C=O) groups excluding carboxylic acids is 1. The van der Waals surface area contributed by atoms with Gasteiger partial charge in [-0.05, 0) is 43.0 Å². The molecule has 100 valence electrons. The predicted octanol–water partition coefficient (Wildman–Crippen LogP) is 3.42. The van der Waals surface area contributed by atoms with E-state index in [0.717, 1.165) is 17.3 Å². The minimum Gasteiger partial charge on any atom is -0.507 e. The monoisotopic (exact) mass is 331 g/mol. The third kappa shape index (κ3) is 5.31. The first-order valence-electron chi connectivity index (χ1n) is 5.91. The van der Waals surface area contributed by atoms with Gasteiger partial charge in [-0.15, -0.1) is 0 Å². The zero-order valence-electron chi connectivity index (χ0n) is 10.4. The Morgan fingerprint density at radius 2 is 2.17 bits per heavy atom. The van der Waals surface area contributed by atoms with Gasteiger partial charge in [0.25, 0.3) is 5.91 Å². The Kier molecular flexibility index (Phi) is 7.20. The van der Waals surface area contributed by atoms with E-state index in [4.69, 9.17) is 0 Å². The average molecular weight is 332 g/mol. The molecule has 0 spiro atoms. The number of benzene rings is 1. The number of hydrogen-bond acceptors (Lipinski definition) is 3. The van der Waals surface area contributed by atoms with E-state index in [1.54, 1.807) is 12.1 Å². The van der Waals surface area contributed by atoms with Crippen LogP contribution in [0.25, 0.3) is 0 Å². The molecule has 1 amide bonds. The largest absolute Gasteiger partial charge is 0.507 e. The van der Waals surface area contributed by atoms with Crippen molar-refractivity contribution in [3.05, 3.63) is 28.2 Å². The van der Waals surface area contributed by atoms with Gasteiger partial charge >= 0.3 is 0 Å². The van der Waals surface area contributed by atoms with Crippen LogP contribution in [0.2, 0.25) is 0 Å². The number of carbonyl (C=O) groups is 1. The van der Waals surface area contributed by atoms with Gasteiger partial charge in [-0.25, -0.2) is 0 Å². The molecule has 2 N–H and O–H groups in total. The van der Waals surface area contributed by atoms with E-state index in [1.807, 2.05) is 11.8 Å². The number of thioether (sulfide) groups is 1. The number of amides is 1. The van der Waals surface area contributed by atoms with Gasteiger partial charge in [0, 0.05) is 11.0 Å². The number of aromatic hydroxyl groups is 1. The summed E-state index contributed by atoms with van der Waals surface area (Å²) in [5, 5.41) is 12.5. The van der Waals surface area contributed by atoms with Crippen LogP contribution in [0, 0.1) is 0 Å². The SMILES string of the molecule is CSCCCCCNC(=O)c1ccc(Br)cc1O. The van der Waals surface area contributed by atoms with Gasteiger partial charge in [-0.2, -0.15) is 11.8 Å². The van der Waals surface area contributed by atoms with Crippen LogP contribution in [-0.2, 0) is 0 Å². The van der Waals surface area contributed by atoms with E-state index in [2.05, 4.69) is 27.5 Å². The Bertz CT molecular complexity index is 399. The van der Waals surface area contributed by atoms with Crippen LogP contribution in [0.5, 0.6) is 5.75 Å². The fourth-order valence-corrected chi connectivity index (χ4v) is 2.38. The molecule has 0 aliphatic heterocycles. The number of unbranched alkanes of at least 4 members (excludes halogenated alkanes) is 2. The average Bonchev–Trinajstić information content (AvgIpc) is 2.33. The van der Waals surface area contributed by atoms with E-state index in [-0.39, 0.29) is 11.7 Å². The molecule has 0 atom stereocenters. The van der Waals surface area contributed by atoms with E-state index < -0.39 is 0 Å². The van der Waals surface area contributed by atoms with Crippen LogP contribution < -0.4 is 5.32 Å². The van der Waals surface area contributed by atoms with Crippen LogP contribution in [0.1, 0.15) is 29.6 Å². The standard InChI is InChI=1S/C13H18BrNO2S/c1-18-8-4-2-3-7-15-13(17)11-6-5-10(14)9-12(11)16/h5-6,9,16H,2-4,7-8H2,1H3,(H,15,17). The molecule has 1 aromatic carbocycles. The van der Waals surface area contributed by atoms with Crippen LogP contribution in [0.3, 0.4) is 0 Å². The number of phenols is 1. The minimum atomic E-state index is -0.218. The number of hydrogen-bond donors (Lipinski definition) is 2. The molecule has 1 rings (SSSR count). The Labute approximate surface area is 120 Å². The normalized spacial score (nSPS) is 10.3. The molecule has 0 bridgehead atoms. The molecule has 5 heteroatoms. The molecular weight excluding hydrogens is 314 g/mol. The van der Waals surface area contributed by atoms with E-state index >= 15 is 0 Å². The van der Waals surface area contributed by atoms with Gasteiger partial charge in [0.05, 0.1) is 5.56 Å². The van der Waals surface area contributed by atoms with Crippen LogP contribution >= 0.6 is 27.7 Å². The number of rotatable bonds is 7. The maximum Gasteiger partial charge on any atom is 0.255 e. The molecule has 0 unspecified atom stereocenters. The Morgan fingerprint density at radius 1 is 1.39 bits per heavy atom. The van der Waals surface area contributed by atoms with Crippen molar-refractivity contribution >= 4 is 33.6 Å². The molecule has 0 aliphatic carbocycles. The lowest BCUT2D eigenvalue weighted by molar-refractivity contribution is 0.0950. The summed E-state index contributed by atoms with van der Waals surface area (Å²) in [6.45, 7) is 0.655. The highest BCUT2D eigenvalue weighted by atomic mass is 79.9. The molecule has 18 heavy (non-hydrogen) atoms. The molecule has 0 radical (unpaired) electrons. The van der Waals surface area contributed by atoms with Gasteiger partial charge < -0.3 is 10.4 Å². The molecule has 3 nitrogen and oxygen atoms in total. The molecule has 0 heterocycles. The molecular formula is C13H18BrNO2S. The van der Waals surface area contributed by atoms with Gasteiger partial charge in [0.15, 0.2) is 0 Å². The van der Waals surface area contributed by atoms with Crippen molar-refractivity contribution in [3.63, 3.8) is 0 Å². The lowest BCUT2D eigenvalue weighted by Gasteiger charge is -2.07. The van der Waals surface area contributed by atoms with Gasteiger partial charge in [-0.3, -0.25) is 4.79 Å². The summed E-state index contributed by atoms with van der Waals surface area (Å²) in [6, 6.07) is 4.88. The number of phenolic OH excluding ortho intramolecular Hbond substituents is 1. The summed E-state index contributed by atoms with van der Waals surface area (Å²) in [4.78, 5) is 11.8. The van der Waals surface area contributed by atoms with Crippen molar-refractivity contribution in [2.75, 3.05) is 18.6 Å². The molecule has 0 aromatic heterocycles. The lowest BCUT2D eigenvalue weighted by Crippen LogP contribution is -2.24. The van der Waals surface area contributed by atoms with Gasteiger partial charge in [0.2, 0.25) is 0 Å². The third-order valence-electron chi connectivity index (χ3n) is 2.52. The fraction of sp³-hybridized carbons (Fsp3) is 0.462. The van der Waals surface area contributed by atoms with Crippen LogP contribution in [0.4, 0.5) is 0 Å². The van der Waals surface area contributed by atoms with Crippen molar-refractivity contribution in [1.82, 2.24) is 5.32 Å². The predicted molar refractivity (Wildman–Crippen MR) is 80.4 cm³/mol. The highest BCUT2D eigenvalue weighted by Crippen LogP contribution is 2.22. The second-order valence-electron chi connectivity index (χ2n) is 3.97. The second-order valence-corrected chi connectivity index (χ2v) is 5.87. The lowest BCUT2D eigenvalue weighted by atomic mass is 10.2. The highest BCUT2D eigenvalue weighted by molar-refractivity contribution is 9.10. The van der Waals surface area contributed by atoms with Crippen LogP contribution in [0.15, 0.2) is 22.7 Å². The summed E-state index contributed by atoms with van der Waals surface area (Å²) in [5.41, 5.74) is 0.322. The highest BCUT2D eigenvalue weighted by Gasteiger charge is 2.10. The Balaban J connectivity index is 2.32. The molecule has 1 aromatic rings. The van der Waals surface area contributed by atoms with Gasteiger partial charge in [0.1, 0.15) is 5.75 Å². The summed E-state index contributed by atoms with van der Waals surface area (Å²) in [7, 11) is 0. The zero-order chi connectivity index (χ0) is 13.4. The van der Waals surface area contributed by atoms with Crippen molar-refractivity contribution in [2.24, 2.45) is 0 Å². The number of halogens is 1. The van der Waals surface area contributed by atoms with E-state index in [1.165, 1.54) is 18.2 Å². The van der Waals surface area contributed by atoms with Crippen LogP contribution in [-0.4, -0.2) is 29.6 Å². The first-order chi connectivity index (χ1) is 8.65. The van der Waals surface area contributed by atoms with Gasteiger partial charge in [-0.1, -0.05) is 22.4 Å². The fourth-order valence-electron chi connectivity index (χ4n) is 1.54. The maximum atomic E-state index is 11.8. The summed E-state index contributed by atoms with van der Waals surface area (Å²) in [6.07, 6.45) is 5.37. The summed E-state index contributed by atoms with van der Waals surface area (Å²) in [5.74, 6) is 0.954. The topological polar surface area (TPSA) is 49.3 Å². The second kappa shape index (κ2) is 8.43. The Morgan fingerprint density at radius 3 is 2.83 bits per heavy atom. The van der Waals surface area contributed by atoms with Crippen molar-refractivity contribution in [1.29, 1.82) is 0 Å². The van der Waals surface area contributed by atoms with Crippen molar-refractivity contribution < 1.29 is 9.90 Å². The van der Waals surface area contributed by atoms with Crippen molar-refractivity contribution in [2.45, 2.75) is 19.3 Å². The number of nitrogens with one attached hydrogen (secondary N) is 1. The summed E-state index contributed by atoms with van der Waals surface area (Å²) >= 11 is 5.08. The quantitative estimate of drug-likeness (QED) is 0.752. The molecule has 0 saturated carbocycles. The molecule has 0 fully saturated rings. The minimum absolute atomic E-state index is 0.00394. The van der Waals surface area contributed by atoms with Crippen molar-refractivity contribution in [3.8, 4) is 5.75 Å². The smallest absolute Gasteiger partial charge is 0.255 e. The maximum absolute atomic E-state index is 11.8. The molecule has 0 aliphatic rings. The molecule has 0 saturated heterocycles. The summed E-state index contributed by atoms with van der Waals surface area (Å²) < 4.78 is 0.758. The zero-order valence-corrected chi connectivity index (χ0v) is 12.8. The van der Waals surface area contributed by atoms with E-state index in [0.29, 0.717) is 12.1 Å². The first kappa shape index (κ1) is 15.4. The third-order valence-corrected chi connectivity index (χ3v) is 3.71. The Hall–Kier alpha value is -0.680. The van der Waals surface area contributed by atoms with E-state index in [9.17, 15) is 9.90 Å². The first-order valence-corrected chi connectivity index (χ1v) is 8.09.